The van der Waals surface area contributed by atoms with Crippen LogP contribution < -0.4 is 5.73 Å². The van der Waals surface area contributed by atoms with E-state index in [0.29, 0.717) is 6.04 Å². The average molecular weight is 265 g/mol. The molecule has 19 heavy (non-hydrogen) atoms. The van der Waals surface area contributed by atoms with E-state index in [0.717, 1.165) is 24.4 Å². The lowest BCUT2D eigenvalue weighted by atomic mass is 9.78. The molecule has 110 valence electrons. The maximum Gasteiger partial charge on any atom is 0.0247 e. The van der Waals surface area contributed by atoms with Crippen molar-refractivity contribution in [2.75, 3.05) is 32.7 Å². The van der Waals surface area contributed by atoms with E-state index in [4.69, 9.17) is 5.73 Å². The van der Waals surface area contributed by atoms with Crippen LogP contribution in [0.1, 0.15) is 45.4 Å². The van der Waals surface area contributed by atoms with E-state index in [1.165, 1.54) is 64.7 Å². The quantitative estimate of drug-likeness (QED) is 0.846. The van der Waals surface area contributed by atoms with Gasteiger partial charge < -0.3 is 5.73 Å². The lowest BCUT2D eigenvalue weighted by Crippen LogP contribution is -2.57. The summed E-state index contributed by atoms with van der Waals surface area (Å²) in [6.07, 6.45) is 8.50. The number of fused-ring (bicyclic) bond motifs is 1. The molecule has 0 aromatic heterocycles. The van der Waals surface area contributed by atoms with E-state index < -0.39 is 0 Å². The summed E-state index contributed by atoms with van der Waals surface area (Å²) in [5.74, 6) is 1.78. The van der Waals surface area contributed by atoms with Gasteiger partial charge in [-0.3, -0.25) is 9.80 Å². The van der Waals surface area contributed by atoms with Crippen LogP contribution in [0.2, 0.25) is 0 Å². The van der Waals surface area contributed by atoms with Gasteiger partial charge in [-0.25, -0.2) is 0 Å². The van der Waals surface area contributed by atoms with Gasteiger partial charge in [0.2, 0.25) is 0 Å². The fourth-order valence-electron chi connectivity index (χ4n) is 4.79. The topological polar surface area (TPSA) is 32.5 Å². The monoisotopic (exact) mass is 265 g/mol. The van der Waals surface area contributed by atoms with E-state index in [1.807, 2.05) is 0 Å². The molecule has 3 aliphatic rings. The minimum atomic E-state index is 0.658. The van der Waals surface area contributed by atoms with Crippen LogP contribution in [-0.4, -0.2) is 54.6 Å². The van der Waals surface area contributed by atoms with Gasteiger partial charge in [0.15, 0.2) is 0 Å². The number of piperazine rings is 1. The van der Waals surface area contributed by atoms with Crippen LogP contribution in [0, 0.1) is 11.8 Å². The van der Waals surface area contributed by atoms with Crippen molar-refractivity contribution in [2.45, 2.75) is 57.5 Å². The molecule has 2 saturated heterocycles. The van der Waals surface area contributed by atoms with Gasteiger partial charge in [-0.2, -0.15) is 0 Å². The van der Waals surface area contributed by atoms with E-state index in [2.05, 4.69) is 16.7 Å². The van der Waals surface area contributed by atoms with Gasteiger partial charge in [-0.05, 0) is 44.1 Å². The van der Waals surface area contributed by atoms with Gasteiger partial charge in [-0.15, -0.1) is 0 Å². The average Bonchev–Trinajstić information content (AvgIpc) is 2.87. The third-order valence-corrected chi connectivity index (χ3v) is 5.85. The first-order valence-corrected chi connectivity index (χ1v) is 8.46. The molecule has 3 rings (SSSR count). The molecule has 1 aliphatic carbocycles. The molecule has 0 aromatic carbocycles. The van der Waals surface area contributed by atoms with Gasteiger partial charge in [-0.1, -0.05) is 19.8 Å². The summed E-state index contributed by atoms with van der Waals surface area (Å²) >= 11 is 0. The van der Waals surface area contributed by atoms with Crippen molar-refractivity contribution in [1.82, 2.24) is 9.80 Å². The maximum atomic E-state index is 6.16. The highest BCUT2D eigenvalue weighted by Crippen LogP contribution is 2.34. The molecule has 3 nitrogen and oxygen atoms in total. The Hall–Kier alpha value is -0.120. The zero-order chi connectivity index (χ0) is 13.2. The van der Waals surface area contributed by atoms with E-state index >= 15 is 0 Å². The molecular formula is C16H31N3. The summed E-state index contributed by atoms with van der Waals surface area (Å²) in [7, 11) is 0. The van der Waals surface area contributed by atoms with Crippen molar-refractivity contribution in [1.29, 1.82) is 0 Å². The molecule has 1 saturated carbocycles. The fraction of sp³-hybridized carbons (Fsp3) is 1.00. The Kier molecular flexibility index (Phi) is 4.45. The number of nitrogens with zero attached hydrogens (tertiary/aromatic N) is 2. The van der Waals surface area contributed by atoms with Crippen molar-refractivity contribution in [2.24, 2.45) is 17.6 Å². The SMILES string of the molecule is CC1CCCC(C(CN)N2CCN3CCCC3C2)C1. The maximum absolute atomic E-state index is 6.16. The Labute approximate surface area is 118 Å². The standard InChI is InChI=1S/C16H31N3/c1-13-4-2-5-14(10-13)16(11-17)19-9-8-18-7-3-6-15(18)12-19/h13-16H,2-12,17H2,1H3. The minimum absolute atomic E-state index is 0.658. The summed E-state index contributed by atoms with van der Waals surface area (Å²) in [4.78, 5) is 5.45. The van der Waals surface area contributed by atoms with Gasteiger partial charge >= 0.3 is 0 Å². The molecule has 4 atom stereocenters. The minimum Gasteiger partial charge on any atom is -0.329 e. The second-order valence-electron chi connectivity index (χ2n) is 7.16. The first-order valence-electron chi connectivity index (χ1n) is 8.46. The Bertz CT molecular complexity index is 294. The molecule has 0 aromatic rings. The number of hydrogen-bond donors (Lipinski definition) is 1. The van der Waals surface area contributed by atoms with Crippen molar-refractivity contribution in [3.8, 4) is 0 Å². The zero-order valence-corrected chi connectivity index (χ0v) is 12.6. The van der Waals surface area contributed by atoms with E-state index in [-0.39, 0.29) is 0 Å². The van der Waals surface area contributed by atoms with Gasteiger partial charge in [0.1, 0.15) is 0 Å². The lowest BCUT2D eigenvalue weighted by molar-refractivity contribution is 0.0380. The molecule has 0 radical (unpaired) electrons. The highest BCUT2D eigenvalue weighted by Gasteiger charge is 2.36. The zero-order valence-electron chi connectivity index (χ0n) is 12.6. The van der Waals surface area contributed by atoms with Crippen molar-refractivity contribution in [3.63, 3.8) is 0 Å². The predicted octanol–water partition coefficient (Wildman–Crippen LogP) is 1.92. The van der Waals surface area contributed by atoms with E-state index in [9.17, 15) is 0 Å². The van der Waals surface area contributed by atoms with Crippen LogP contribution in [0.3, 0.4) is 0 Å². The smallest absolute Gasteiger partial charge is 0.0247 e. The second kappa shape index (κ2) is 6.11. The van der Waals surface area contributed by atoms with Gasteiger partial charge in [0.05, 0.1) is 0 Å². The highest BCUT2D eigenvalue weighted by molar-refractivity contribution is 4.92. The Morgan fingerprint density at radius 1 is 1.11 bits per heavy atom. The molecule has 0 bridgehead atoms. The van der Waals surface area contributed by atoms with Crippen LogP contribution in [0.15, 0.2) is 0 Å². The number of rotatable bonds is 3. The van der Waals surface area contributed by atoms with Crippen LogP contribution in [0.4, 0.5) is 0 Å². The molecule has 4 unspecified atom stereocenters. The summed E-state index contributed by atoms with van der Waals surface area (Å²) in [5.41, 5.74) is 6.16. The lowest BCUT2D eigenvalue weighted by Gasteiger charge is -2.45. The predicted molar refractivity (Wildman–Crippen MR) is 80.1 cm³/mol. The molecular weight excluding hydrogens is 234 g/mol. The first kappa shape index (κ1) is 13.8. The molecule has 0 amide bonds. The van der Waals surface area contributed by atoms with Crippen LogP contribution in [0.25, 0.3) is 0 Å². The summed E-state index contributed by atoms with van der Waals surface area (Å²) in [6, 6.07) is 1.49. The van der Waals surface area contributed by atoms with Crippen molar-refractivity contribution < 1.29 is 0 Å². The van der Waals surface area contributed by atoms with Gasteiger partial charge in [0.25, 0.3) is 0 Å². The first-order chi connectivity index (χ1) is 9.28. The molecule has 2 N–H and O–H groups in total. The Balaban J connectivity index is 1.61. The van der Waals surface area contributed by atoms with Gasteiger partial charge in [0, 0.05) is 38.3 Å². The summed E-state index contributed by atoms with van der Waals surface area (Å²) in [6.45, 7) is 8.45. The Morgan fingerprint density at radius 3 is 2.79 bits per heavy atom. The van der Waals surface area contributed by atoms with E-state index in [1.54, 1.807) is 0 Å². The second-order valence-corrected chi connectivity index (χ2v) is 7.16. The molecule has 3 heteroatoms. The fourth-order valence-corrected chi connectivity index (χ4v) is 4.79. The molecule has 2 heterocycles. The Morgan fingerprint density at radius 2 is 2.00 bits per heavy atom. The number of nitrogens with two attached hydrogens (primary N) is 1. The largest absolute Gasteiger partial charge is 0.329 e. The molecule has 2 aliphatic heterocycles. The van der Waals surface area contributed by atoms with Crippen LogP contribution >= 0.6 is 0 Å². The highest BCUT2D eigenvalue weighted by atomic mass is 15.3. The third kappa shape index (κ3) is 2.98. The molecule has 0 spiro atoms. The van der Waals surface area contributed by atoms with Crippen molar-refractivity contribution in [3.05, 3.63) is 0 Å². The third-order valence-electron chi connectivity index (χ3n) is 5.85. The van der Waals surface area contributed by atoms with Crippen molar-refractivity contribution >= 4 is 0 Å². The van der Waals surface area contributed by atoms with Crippen LogP contribution in [-0.2, 0) is 0 Å². The normalized spacial score (nSPS) is 39.2. The number of hydrogen-bond acceptors (Lipinski definition) is 3. The molecule has 3 fully saturated rings. The van der Waals surface area contributed by atoms with Crippen LogP contribution in [0.5, 0.6) is 0 Å². The summed E-state index contributed by atoms with van der Waals surface area (Å²) < 4.78 is 0. The summed E-state index contributed by atoms with van der Waals surface area (Å²) in [5, 5.41) is 0.